The van der Waals surface area contributed by atoms with Crippen molar-refractivity contribution in [1.82, 2.24) is 5.32 Å². The topological polar surface area (TPSA) is 29.1 Å². The van der Waals surface area contributed by atoms with Gasteiger partial charge in [-0.05, 0) is 18.8 Å². The Morgan fingerprint density at radius 3 is 2.69 bits per heavy atom. The third-order valence-corrected chi connectivity index (χ3v) is 3.93. The van der Waals surface area contributed by atoms with Gasteiger partial charge in [0.25, 0.3) is 0 Å². The minimum absolute atomic E-state index is 0.0821. The Morgan fingerprint density at radius 2 is 2.06 bits per heavy atom. The molecule has 3 heteroatoms. The van der Waals surface area contributed by atoms with E-state index in [2.05, 4.69) is 5.32 Å². The minimum atomic E-state index is 0.0821. The molecule has 1 saturated carbocycles. The van der Waals surface area contributed by atoms with Gasteiger partial charge in [0.2, 0.25) is 5.91 Å². The summed E-state index contributed by atoms with van der Waals surface area (Å²) in [4.78, 5) is 11.5. The maximum atomic E-state index is 11.5. The van der Waals surface area contributed by atoms with Crippen LogP contribution in [0.2, 0.25) is 0 Å². The fourth-order valence-electron chi connectivity index (χ4n) is 2.27. The summed E-state index contributed by atoms with van der Waals surface area (Å²) in [6, 6.07) is 0. The van der Waals surface area contributed by atoms with Crippen LogP contribution in [-0.4, -0.2) is 17.8 Å². The lowest BCUT2D eigenvalue weighted by Crippen LogP contribution is -2.29. The van der Waals surface area contributed by atoms with Gasteiger partial charge in [0.15, 0.2) is 0 Å². The molecule has 94 valence electrons. The molecule has 1 aliphatic rings. The van der Waals surface area contributed by atoms with Crippen molar-refractivity contribution in [2.45, 2.75) is 63.7 Å². The number of halogens is 1. The van der Waals surface area contributed by atoms with Gasteiger partial charge in [0, 0.05) is 13.0 Å². The van der Waals surface area contributed by atoms with E-state index in [-0.39, 0.29) is 11.3 Å². The predicted molar refractivity (Wildman–Crippen MR) is 68.8 cm³/mol. The lowest BCUT2D eigenvalue weighted by molar-refractivity contribution is -0.121. The van der Waals surface area contributed by atoms with Crippen molar-refractivity contribution in [3.05, 3.63) is 0 Å². The lowest BCUT2D eigenvalue weighted by Gasteiger charge is -2.21. The Hall–Kier alpha value is -0.240. The van der Waals surface area contributed by atoms with Gasteiger partial charge >= 0.3 is 0 Å². The lowest BCUT2D eigenvalue weighted by atomic mass is 9.86. The summed E-state index contributed by atoms with van der Waals surface area (Å²) in [5, 5.41) is 2.98. The first-order valence-electron chi connectivity index (χ1n) is 6.63. The molecular formula is C13H24ClNO. The van der Waals surface area contributed by atoms with Crippen LogP contribution in [0.3, 0.4) is 0 Å². The van der Waals surface area contributed by atoms with E-state index < -0.39 is 0 Å². The molecule has 1 fully saturated rings. The third kappa shape index (κ3) is 5.74. The molecule has 1 rings (SSSR count). The maximum absolute atomic E-state index is 11.5. The average Bonchev–Trinajstić information content (AvgIpc) is 2.34. The van der Waals surface area contributed by atoms with Gasteiger partial charge in [0.05, 0.1) is 5.38 Å². The number of amides is 1. The van der Waals surface area contributed by atoms with Crippen LogP contribution in [0.4, 0.5) is 0 Å². The molecule has 1 unspecified atom stereocenters. The second kappa shape index (κ2) is 7.94. The highest BCUT2D eigenvalue weighted by atomic mass is 35.5. The summed E-state index contributed by atoms with van der Waals surface area (Å²) in [7, 11) is 0. The Morgan fingerprint density at radius 1 is 1.38 bits per heavy atom. The number of carbonyl (C=O) groups excluding carboxylic acids is 1. The molecule has 0 aromatic carbocycles. The highest BCUT2D eigenvalue weighted by molar-refractivity contribution is 6.20. The molecule has 1 atom stereocenters. The molecule has 0 spiro atoms. The molecule has 0 radical (unpaired) electrons. The second-order valence-corrected chi connectivity index (χ2v) is 5.47. The van der Waals surface area contributed by atoms with E-state index >= 15 is 0 Å². The first-order chi connectivity index (χ1) is 7.72. The van der Waals surface area contributed by atoms with Crippen molar-refractivity contribution in [3.8, 4) is 0 Å². The number of hydrogen-bond acceptors (Lipinski definition) is 1. The second-order valence-electron chi connectivity index (χ2n) is 4.85. The standard InChI is InChI=1S/C13H24ClNO/c1-2-12(14)10-15-13(16)9-8-11-6-4-3-5-7-11/h11-12H,2-10H2,1H3,(H,15,16). The molecular weight excluding hydrogens is 222 g/mol. The summed E-state index contributed by atoms with van der Waals surface area (Å²) in [5.41, 5.74) is 0. The summed E-state index contributed by atoms with van der Waals surface area (Å²) in [5.74, 6) is 0.960. The molecule has 0 aromatic heterocycles. The monoisotopic (exact) mass is 245 g/mol. The quantitative estimate of drug-likeness (QED) is 0.714. The normalized spacial score (nSPS) is 19.4. The fraction of sp³-hybridized carbons (Fsp3) is 0.923. The minimum Gasteiger partial charge on any atom is -0.355 e. The number of carbonyl (C=O) groups is 1. The zero-order chi connectivity index (χ0) is 11.8. The van der Waals surface area contributed by atoms with E-state index in [0.717, 1.165) is 18.8 Å². The molecule has 1 aliphatic carbocycles. The molecule has 1 amide bonds. The van der Waals surface area contributed by atoms with Crippen LogP contribution in [0.5, 0.6) is 0 Å². The Labute approximate surface area is 104 Å². The van der Waals surface area contributed by atoms with E-state index in [1.54, 1.807) is 0 Å². The molecule has 0 aliphatic heterocycles. The van der Waals surface area contributed by atoms with E-state index in [4.69, 9.17) is 11.6 Å². The van der Waals surface area contributed by atoms with Gasteiger partial charge in [0.1, 0.15) is 0 Å². The zero-order valence-electron chi connectivity index (χ0n) is 10.3. The van der Waals surface area contributed by atoms with Gasteiger partial charge in [-0.15, -0.1) is 11.6 Å². The number of alkyl halides is 1. The Kier molecular flexibility index (Phi) is 6.86. The first-order valence-corrected chi connectivity index (χ1v) is 7.06. The number of nitrogens with one attached hydrogen (secondary N) is 1. The largest absolute Gasteiger partial charge is 0.355 e. The summed E-state index contributed by atoms with van der Waals surface area (Å²) in [6.07, 6.45) is 9.37. The van der Waals surface area contributed by atoms with Crippen molar-refractivity contribution in [1.29, 1.82) is 0 Å². The van der Waals surface area contributed by atoms with Crippen molar-refractivity contribution in [3.63, 3.8) is 0 Å². The smallest absolute Gasteiger partial charge is 0.220 e. The molecule has 0 saturated heterocycles. The molecule has 16 heavy (non-hydrogen) atoms. The van der Waals surface area contributed by atoms with Gasteiger partial charge in [-0.25, -0.2) is 0 Å². The Bertz CT molecular complexity index is 202. The molecule has 0 heterocycles. The third-order valence-electron chi connectivity index (χ3n) is 3.47. The maximum Gasteiger partial charge on any atom is 0.220 e. The van der Waals surface area contributed by atoms with Crippen molar-refractivity contribution >= 4 is 17.5 Å². The van der Waals surface area contributed by atoms with E-state index in [0.29, 0.717) is 13.0 Å². The van der Waals surface area contributed by atoms with Gasteiger partial charge in [-0.1, -0.05) is 39.0 Å². The molecule has 2 nitrogen and oxygen atoms in total. The molecule has 1 N–H and O–H groups in total. The van der Waals surface area contributed by atoms with E-state index in [1.807, 2.05) is 6.92 Å². The zero-order valence-corrected chi connectivity index (χ0v) is 11.1. The van der Waals surface area contributed by atoms with Crippen LogP contribution in [0, 0.1) is 5.92 Å². The van der Waals surface area contributed by atoms with Crippen LogP contribution in [-0.2, 0) is 4.79 Å². The van der Waals surface area contributed by atoms with Crippen LogP contribution >= 0.6 is 11.6 Å². The van der Waals surface area contributed by atoms with Crippen molar-refractivity contribution in [2.24, 2.45) is 5.92 Å². The summed E-state index contributed by atoms with van der Waals surface area (Å²) < 4.78 is 0. The van der Waals surface area contributed by atoms with Crippen LogP contribution < -0.4 is 5.32 Å². The fourth-order valence-corrected chi connectivity index (χ4v) is 2.35. The highest BCUT2D eigenvalue weighted by Crippen LogP contribution is 2.27. The predicted octanol–water partition coefficient (Wildman–Crippen LogP) is 3.48. The SMILES string of the molecule is CCC(Cl)CNC(=O)CCC1CCCCC1. The van der Waals surface area contributed by atoms with Crippen molar-refractivity contribution in [2.75, 3.05) is 6.54 Å². The van der Waals surface area contributed by atoms with Crippen LogP contribution in [0.15, 0.2) is 0 Å². The van der Waals surface area contributed by atoms with E-state index in [9.17, 15) is 4.79 Å². The number of hydrogen-bond donors (Lipinski definition) is 1. The van der Waals surface area contributed by atoms with Crippen LogP contribution in [0.25, 0.3) is 0 Å². The first kappa shape index (κ1) is 13.8. The molecule has 0 aromatic rings. The van der Waals surface area contributed by atoms with Crippen molar-refractivity contribution < 1.29 is 4.79 Å². The van der Waals surface area contributed by atoms with Gasteiger partial charge < -0.3 is 5.32 Å². The number of rotatable bonds is 6. The highest BCUT2D eigenvalue weighted by Gasteiger charge is 2.14. The summed E-state index contributed by atoms with van der Waals surface area (Å²) >= 11 is 5.94. The Balaban J connectivity index is 2.05. The van der Waals surface area contributed by atoms with Gasteiger partial charge in [-0.2, -0.15) is 0 Å². The molecule has 0 bridgehead atoms. The summed E-state index contributed by atoms with van der Waals surface area (Å²) in [6.45, 7) is 2.65. The van der Waals surface area contributed by atoms with E-state index in [1.165, 1.54) is 32.1 Å². The van der Waals surface area contributed by atoms with Gasteiger partial charge in [-0.3, -0.25) is 4.79 Å². The van der Waals surface area contributed by atoms with Crippen LogP contribution in [0.1, 0.15) is 58.3 Å². The average molecular weight is 246 g/mol.